The second kappa shape index (κ2) is 5.23. The summed E-state index contributed by atoms with van der Waals surface area (Å²) in [5.74, 6) is 0. The number of hydrogen-bond donors (Lipinski definition) is 1. The first-order chi connectivity index (χ1) is 7.88. The molecule has 8 nitrogen and oxygen atoms in total. The lowest BCUT2D eigenvalue weighted by molar-refractivity contribution is -0.387. The van der Waals surface area contributed by atoms with E-state index in [2.05, 4.69) is 15.9 Å². The van der Waals surface area contributed by atoms with Gasteiger partial charge < -0.3 is 5.11 Å². The Hall–Kier alpha value is -1.48. The van der Waals surface area contributed by atoms with E-state index in [0.717, 1.165) is 10.8 Å². The molecule has 1 aromatic rings. The fourth-order valence-corrected chi connectivity index (χ4v) is 1.46. The summed E-state index contributed by atoms with van der Waals surface area (Å²) in [7, 11) is 1.30. The Balaban J connectivity index is 3.43. The minimum absolute atomic E-state index is 0.158. The number of aliphatic hydroxyl groups is 1. The molecule has 0 bridgehead atoms. The Labute approximate surface area is 103 Å². The molecule has 0 saturated heterocycles. The number of hydrogen-bond acceptors (Lipinski definition) is 5. The van der Waals surface area contributed by atoms with Crippen molar-refractivity contribution in [2.75, 3.05) is 5.33 Å². The smallest absolute Gasteiger partial charge is 0.350 e. The van der Waals surface area contributed by atoms with Gasteiger partial charge in [0.05, 0.1) is 23.8 Å². The van der Waals surface area contributed by atoms with E-state index >= 15 is 0 Å². The molecule has 0 aromatic carbocycles. The van der Waals surface area contributed by atoms with Crippen molar-refractivity contribution in [3.8, 4) is 0 Å². The highest BCUT2D eigenvalue weighted by molar-refractivity contribution is 9.09. The maximum absolute atomic E-state index is 11.6. The highest BCUT2D eigenvalue weighted by atomic mass is 79.9. The predicted molar refractivity (Wildman–Crippen MR) is 62.4 cm³/mol. The van der Waals surface area contributed by atoms with Crippen LogP contribution in [0.3, 0.4) is 0 Å². The molecule has 0 fully saturated rings. The van der Waals surface area contributed by atoms with Gasteiger partial charge in [0.2, 0.25) is 0 Å². The van der Waals surface area contributed by atoms with Gasteiger partial charge in [-0.15, -0.1) is 0 Å². The summed E-state index contributed by atoms with van der Waals surface area (Å²) in [5.41, 5.74) is -2.42. The number of aromatic nitrogens is 2. The lowest BCUT2D eigenvalue weighted by atomic mass is 10.4. The molecule has 0 amide bonds. The van der Waals surface area contributed by atoms with Crippen LogP contribution in [0.2, 0.25) is 0 Å². The van der Waals surface area contributed by atoms with Gasteiger partial charge >= 0.3 is 16.9 Å². The number of halogens is 1. The Morgan fingerprint density at radius 1 is 1.59 bits per heavy atom. The zero-order valence-corrected chi connectivity index (χ0v) is 10.5. The first-order valence-corrected chi connectivity index (χ1v) is 5.69. The number of alkyl halides is 1. The van der Waals surface area contributed by atoms with Crippen molar-refractivity contribution in [1.29, 1.82) is 0 Å². The van der Waals surface area contributed by atoms with Gasteiger partial charge in [0, 0.05) is 12.4 Å². The van der Waals surface area contributed by atoms with Crippen molar-refractivity contribution in [2.45, 2.75) is 12.6 Å². The third-order valence-electron chi connectivity index (χ3n) is 2.08. The highest BCUT2D eigenvalue weighted by Crippen LogP contribution is 2.00. The molecule has 1 unspecified atom stereocenters. The summed E-state index contributed by atoms with van der Waals surface area (Å²) in [6, 6.07) is 0. The average Bonchev–Trinajstić information content (AvgIpc) is 2.28. The van der Waals surface area contributed by atoms with Crippen molar-refractivity contribution in [3.05, 3.63) is 37.1 Å². The van der Waals surface area contributed by atoms with Crippen molar-refractivity contribution < 1.29 is 10.0 Å². The minimum atomic E-state index is -1.02. The molecule has 0 aliphatic rings. The molecule has 9 heteroatoms. The van der Waals surface area contributed by atoms with Crippen molar-refractivity contribution in [1.82, 2.24) is 9.13 Å². The van der Waals surface area contributed by atoms with Gasteiger partial charge in [0.1, 0.15) is 0 Å². The number of aliphatic hydroxyl groups excluding tert-OH is 1. The van der Waals surface area contributed by atoms with Crippen LogP contribution in [0.5, 0.6) is 0 Å². The standard InChI is InChI=1S/C8H10BrN3O5/c1-10-4-6(12(16)17)7(14)11(8(10)15)3-5(13)2-9/h4-5,13H,2-3H2,1H3. The third-order valence-corrected chi connectivity index (χ3v) is 2.83. The molecule has 0 aliphatic carbocycles. The molecule has 0 spiro atoms. The molecule has 1 N–H and O–H groups in total. The summed E-state index contributed by atoms with van der Waals surface area (Å²) < 4.78 is 1.57. The lowest BCUT2D eigenvalue weighted by Gasteiger charge is -2.09. The molecular weight excluding hydrogens is 298 g/mol. The summed E-state index contributed by atoms with van der Waals surface area (Å²) in [4.78, 5) is 32.9. The van der Waals surface area contributed by atoms with Crippen LogP contribution >= 0.6 is 15.9 Å². The van der Waals surface area contributed by atoms with E-state index in [9.17, 15) is 24.8 Å². The van der Waals surface area contributed by atoms with Crippen molar-refractivity contribution >= 4 is 21.6 Å². The van der Waals surface area contributed by atoms with E-state index in [1.165, 1.54) is 7.05 Å². The maximum atomic E-state index is 11.6. The zero-order valence-electron chi connectivity index (χ0n) is 8.87. The number of aryl methyl sites for hydroxylation is 1. The molecule has 94 valence electrons. The summed E-state index contributed by atoms with van der Waals surface area (Å²) in [5, 5.41) is 20.1. The van der Waals surface area contributed by atoms with Gasteiger partial charge in [-0.3, -0.25) is 24.0 Å². The zero-order chi connectivity index (χ0) is 13.2. The molecule has 17 heavy (non-hydrogen) atoms. The maximum Gasteiger partial charge on any atom is 0.350 e. The fourth-order valence-electron chi connectivity index (χ4n) is 1.26. The number of rotatable bonds is 4. The van der Waals surface area contributed by atoms with Crippen LogP contribution in [0.15, 0.2) is 15.8 Å². The van der Waals surface area contributed by atoms with Gasteiger partial charge in [-0.1, -0.05) is 15.9 Å². The Morgan fingerprint density at radius 2 is 2.18 bits per heavy atom. The second-order valence-electron chi connectivity index (χ2n) is 3.39. The van der Waals surface area contributed by atoms with Crippen LogP contribution < -0.4 is 11.2 Å². The quantitative estimate of drug-likeness (QED) is 0.445. The van der Waals surface area contributed by atoms with Crippen molar-refractivity contribution in [2.24, 2.45) is 7.05 Å². The van der Waals surface area contributed by atoms with Crippen LogP contribution in [0.4, 0.5) is 5.69 Å². The normalized spacial score (nSPS) is 12.4. The van der Waals surface area contributed by atoms with E-state index in [4.69, 9.17) is 0 Å². The van der Waals surface area contributed by atoms with Crippen LogP contribution in [-0.4, -0.2) is 30.6 Å². The molecule has 1 atom stereocenters. The van der Waals surface area contributed by atoms with E-state index in [0.29, 0.717) is 4.57 Å². The Morgan fingerprint density at radius 3 is 2.65 bits per heavy atom. The van der Waals surface area contributed by atoms with Gasteiger partial charge in [-0.25, -0.2) is 4.79 Å². The first kappa shape index (κ1) is 13.6. The third kappa shape index (κ3) is 2.80. The van der Waals surface area contributed by atoms with Crippen LogP contribution in [0.25, 0.3) is 0 Å². The molecule has 0 aliphatic heterocycles. The number of nitrogens with zero attached hydrogens (tertiary/aromatic N) is 3. The first-order valence-electron chi connectivity index (χ1n) is 4.57. The van der Waals surface area contributed by atoms with Gasteiger partial charge in [0.25, 0.3) is 0 Å². The molecule has 0 saturated carbocycles. The van der Waals surface area contributed by atoms with Crippen LogP contribution in [0, 0.1) is 10.1 Å². The summed E-state index contributed by atoms with van der Waals surface area (Å²) in [6.07, 6.45) is -0.107. The molecule has 0 radical (unpaired) electrons. The average molecular weight is 308 g/mol. The van der Waals surface area contributed by atoms with E-state index in [-0.39, 0.29) is 11.9 Å². The second-order valence-corrected chi connectivity index (χ2v) is 4.04. The molecule has 1 aromatic heterocycles. The highest BCUT2D eigenvalue weighted by Gasteiger charge is 2.19. The minimum Gasteiger partial charge on any atom is -0.390 e. The topological polar surface area (TPSA) is 107 Å². The SMILES string of the molecule is Cn1cc([N+](=O)[O-])c(=O)n(CC(O)CBr)c1=O. The van der Waals surface area contributed by atoms with E-state index in [1.54, 1.807) is 0 Å². The fraction of sp³-hybridized carbons (Fsp3) is 0.500. The summed E-state index contributed by atoms with van der Waals surface area (Å²) in [6.45, 7) is -0.293. The van der Waals surface area contributed by atoms with Gasteiger partial charge in [-0.2, -0.15) is 0 Å². The molecule has 1 heterocycles. The lowest BCUT2D eigenvalue weighted by Crippen LogP contribution is -2.42. The molecule has 1 rings (SSSR count). The Bertz CT molecular complexity index is 549. The van der Waals surface area contributed by atoms with Gasteiger partial charge in [-0.05, 0) is 0 Å². The van der Waals surface area contributed by atoms with Crippen LogP contribution in [0.1, 0.15) is 0 Å². The summed E-state index contributed by atoms with van der Waals surface area (Å²) >= 11 is 2.98. The predicted octanol–water partition coefficient (Wildman–Crippen LogP) is -0.789. The Kier molecular flexibility index (Phi) is 4.18. The largest absolute Gasteiger partial charge is 0.390 e. The number of nitro groups is 1. The monoisotopic (exact) mass is 307 g/mol. The van der Waals surface area contributed by atoms with E-state index in [1.807, 2.05) is 0 Å². The van der Waals surface area contributed by atoms with Crippen molar-refractivity contribution in [3.63, 3.8) is 0 Å². The van der Waals surface area contributed by atoms with E-state index < -0.39 is 28.0 Å². The molecular formula is C8H10BrN3O5. The van der Waals surface area contributed by atoms with Gasteiger partial charge in [0.15, 0.2) is 0 Å². The van der Waals surface area contributed by atoms with Crippen LogP contribution in [-0.2, 0) is 13.6 Å².